The zero-order valence-electron chi connectivity index (χ0n) is 7.15. The molecule has 1 aromatic rings. The minimum Gasteiger partial charge on any atom is -0.328 e. The van der Waals surface area contributed by atoms with Crippen LogP contribution in [0.2, 0.25) is 0 Å². The maximum Gasteiger partial charge on any atom is 0.258 e. The number of rotatable bonds is 2. The third kappa shape index (κ3) is 3.37. The first-order valence-corrected chi connectivity index (χ1v) is 3.69. The van der Waals surface area contributed by atoms with Crippen molar-refractivity contribution in [2.24, 2.45) is 0 Å². The third-order valence-corrected chi connectivity index (χ3v) is 1.26. The van der Waals surface area contributed by atoms with Crippen LogP contribution >= 0.6 is 0 Å². The number of hydrazine groups is 1. The smallest absolute Gasteiger partial charge is 0.258 e. The Morgan fingerprint density at radius 2 is 2.23 bits per heavy atom. The lowest BCUT2D eigenvalue weighted by Gasteiger charge is -2.04. The van der Waals surface area contributed by atoms with E-state index >= 15 is 0 Å². The average Bonchev–Trinajstić information content (AvgIpc) is 2.53. The van der Waals surface area contributed by atoms with Crippen molar-refractivity contribution in [2.75, 3.05) is 0 Å². The van der Waals surface area contributed by atoms with Crippen LogP contribution in [0.15, 0.2) is 18.7 Å². The van der Waals surface area contributed by atoms with E-state index in [2.05, 4.69) is 15.8 Å². The van der Waals surface area contributed by atoms with E-state index in [1.807, 2.05) is 0 Å². The van der Waals surface area contributed by atoms with Crippen LogP contribution in [0.3, 0.4) is 0 Å². The van der Waals surface area contributed by atoms with Gasteiger partial charge in [-0.25, -0.2) is 4.98 Å². The van der Waals surface area contributed by atoms with Crippen molar-refractivity contribution >= 4 is 11.8 Å². The van der Waals surface area contributed by atoms with Gasteiger partial charge in [-0.15, -0.1) is 0 Å². The first-order chi connectivity index (χ1) is 6.18. The molecule has 0 fully saturated rings. The number of carbonyl (C=O) groups excluding carboxylic acids is 2. The molecule has 0 aliphatic heterocycles. The second-order valence-electron chi connectivity index (χ2n) is 2.46. The quantitative estimate of drug-likeness (QED) is 0.579. The Labute approximate surface area is 74.9 Å². The van der Waals surface area contributed by atoms with Crippen LogP contribution in [0.1, 0.15) is 6.92 Å². The number of amides is 2. The molecule has 1 rings (SSSR count). The van der Waals surface area contributed by atoms with Crippen LogP contribution in [-0.2, 0) is 16.1 Å². The highest BCUT2D eigenvalue weighted by Crippen LogP contribution is 1.83. The number of aromatic nitrogens is 2. The van der Waals surface area contributed by atoms with E-state index < -0.39 is 0 Å². The number of hydrogen-bond acceptors (Lipinski definition) is 3. The Morgan fingerprint density at radius 1 is 1.46 bits per heavy atom. The van der Waals surface area contributed by atoms with Gasteiger partial charge in [0.15, 0.2) is 0 Å². The Kier molecular flexibility index (Phi) is 3.02. The van der Waals surface area contributed by atoms with Crippen LogP contribution < -0.4 is 10.9 Å². The molecular weight excluding hydrogens is 172 g/mol. The molecule has 1 aromatic heterocycles. The van der Waals surface area contributed by atoms with Crippen molar-refractivity contribution < 1.29 is 9.59 Å². The number of nitrogens with one attached hydrogen (secondary N) is 2. The van der Waals surface area contributed by atoms with Crippen molar-refractivity contribution in [1.29, 1.82) is 0 Å². The monoisotopic (exact) mass is 182 g/mol. The Bertz CT molecular complexity index is 293. The first-order valence-electron chi connectivity index (χ1n) is 3.69. The summed E-state index contributed by atoms with van der Waals surface area (Å²) < 4.78 is 1.59. The van der Waals surface area contributed by atoms with Gasteiger partial charge >= 0.3 is 0 Å². The SMILES string of the molecule is CC(=O)NNC(=O)Cn1ccnc1. The van der Waals surface area contributed by atoms with E-state index in [9.17, 15) is 9.59 Å². The predicted molar refractivity (Wildman–Crippen MR) is 44.2 cm³/mol. The Morgan fingerprint density at radius 3 is 2.77 bits per heavy atom. The lowest BCUT2D eigenvalue weighted by atomic mass is 10.6. The summed E-state index contributed by atoms with van der Waals surface area (Å²) in [6, 6.07) is 0. The molecule has 0 saturated carbocycles. The molecule has 0 atom stereocenters. The molecule has 2 N–H and O–H groups in total. The highest BCUT2D eigenvalue weighted by molar-refractivity contribution is 5.80. The third-order valence-electron chi connectivity index (χ3n) is 1.26. The van der Waals surface area contributed by atoms with Crippen LogP contribution in [0.25, 0.3) is 0 Å². The number of nitrogens with zero attached hydrogens (tertiary/aromatic N) is 2. The van der Waals surface area contributed by atoms with Crippen LogP contribution in [-0.4, -0.2) is 21.4 Å². The normalized spacial score (nSPS) is 9.31. The van der Waals surface area contributed by atoms with Gasteiger partial charge in [0.25, 0.3) is 5.91 Å². The van der Waals surface area contributed by atoms with Crippen molar-refractivity contribution in [3.63, 3.8) is 0 Å². The second-order valence-corrected chi connectivity index (χ2v) is 2.46. The van der Waals surface area contributed by atoms with Gasteiger partial charge < -0.3 is 4.57 Å². The fourth-order valence-electron chi connectivity index (χ4n) is 0.743. The number of hydrogen-bond donors (Lipinski definition) is 2. The highest BCUT2D eigenvalue weighted by atomic mass is 16.2. The summed E-state index contributed by atoms with van der Waals surface area (Å²) in [6.07, 6.45) is 4.76. The molecule has 0 spiro atoms. The fraction of sp³-hybridized carbons (Fsp3) is 0.286. The van der Waals surface area contributed by atoms with Gasteiger partial charge in [-0.2, -0.15) is 0 Å². The molecule has 0 aliphatic carbocycles. The van der Waals surface area contributed by atoms with Crippen molar-refractivity contribution in [3.05, 3.63) is 18.7 Å². The minimum absolute atomic E-state index is 0.139. The topological polar surface area (TPSA) is 76.0 Å². The molecule has 0 aromatic carbocycles. The Hall–Kier alpha value is -1.85. The summed E-state index contributed by atoms with van der Waals surface area (Å²) in [7, 11) is 0. The summed E-state index contributed by atoms with van der Waals surface area (Å²) in [5.41, 5.74) is 4.42. The lowest BCUT2D eigenvalue weighted by Crippen LogP contribution is -2.41. The van der Waals surface area contributed by atoms with E-state index in [0.717, 1.165) is 0 Å². The highest BCUT2D eigenvalue weighted by Gasteiger charge is 2.01. The van der Waals surface area contributed by atoms with Gasteiger partial charge in [0.1, 0.15) is 6.54 Å². The molecule has 70 valence electrons. The lowest BCUT2D eigenvalue weighted by molar-refractivity contribution is -0.128. The molecule has 0 unspecified atom stereocenters. The van der Waals surface area contributed by atoms with E-state index in [4.69, 9.17) is 0 Å². The molecule has 0 bridgehead atoms. The van der Waals surface area contributed by atoms with Gasteiger partial charge in [-0.05, 0) is 0 Å². The van der Waals surface area contributed by atoms with Crippen LogP contribution in [0.5, 0.6) is 0 Å². The van der Waals surface area contributed by atoms with E-state index in [-0.39, 0.29) is 18.4 Å². The molecule has 0 saturated heterocycles. The molecule has 13 heavy (non-hydrogen) atoms. The zero-order valence-corrected chi connectivity index (χ0v) is 7.15. The maximum atomic E-state index is 11.0. The molecular formula is C7H10N4O2. The first kappa shape index (κ1) is 9.24. The fourth-order valence-corrected chi connectivity index (χ4v) is 0.743. The molecule has 0 radical (unpaired) electrons. The van der Waals surface area contributed by atoms with E-state index in [1.165, 1.54) is 13.3 Å². The summed E-state index contributed by atoms with van der Waals surface area (Å²) in [5.74, 6) is -0.604. The number of carbonyl (C=O) groups is 2. The van der Waals surface area contributed by atoms with Gasteiger partial charge in [0.05, 0.1) is 6.33 Å². The van der Waals surface area contributed by atoms with Crippen LogP contribution in [0, 0.1) is 0 Å². The van der Waals surface area contributed by atoms with E-state index in [1.54, 1.807) is 17.0 Å². The summed E-state index contributed by atoms with van der Waals surface area (Å²) >= 11 is 0. The molecule has 6 heteroatoms. The number of imidazole rings is 1. The van der Waals surface area contributed by atoms with Gasteiger partial charge in [0, 0.05) is 19.3 Å². The minimum atomic E-state index is -0.306. The maximum absolute atomic E-state index is 11.0. The Balaban J connectivity index is 2.30. The van der Waals surface area contributed by atoms with Crippen molar-refractivity contribution in [2.45, 2.75) is 13.5 Å². The summed E-state index contributed by atoms with van der Waals surface area (Å²) in [4.78, 5) is 25.2. The second kappa shape index (κ2) is 4.24. The van der Waals surface area contributed by atoms with E-state index in [0.29, 0.717) is 0 Å². The summed E-state index contributed by atoms with van der Waals surface area (Å²) in [5, 5.41) is 0. The van der Waals surface area contributed by atoms with Gasteiger partial charge in [-0.3, -0.25) is 20.4 Å². The van der Waals surface area contributed by atoms with Crippen LogP contribution in [0.4, 0.5) is 0 Å². The van der Waals surface area contributed by atoms with Crippen molar-refractivity contribution in [1.82, 2.24) is 20.4 Å². The zero-order chi connectivity index (χ0) is 9.68. The summed E-state index contributed by atoms with van der Waals surface area (Å²) in [6.45, 7) is 1.46. The largest absolute Gasteiger partial charge is 0.328 e. The molecule has 2 amide bonds. The van der Waals surface area contributed by atoms with Gasteiger partial charge in [0.2, 0.25) is 5.91 Å². The average molecular weight is 182 g/mol. The van der Waals surface area contributed by atoms with Crippen molar-refractivity contribution in [3.8, 4) is 0 Å². The standard InChI is InChI=1S/C7H10N4O2/c1-6(12)9-10-7(13)4-11-3-2-8-5-11/h2-3,5H,4H2,1H3,(H,9,12)(H,10,13). The predicted octanol–water partition coefficient (Wildman–Crippen LogP) is -0.950. The molecule has 1 heterocycles. The molecule has 6 nitrogen and oxygen atoms in total. The molecule has 0 aliphatic rings. The van der Waals surface area contributed by atoms with Gasteiger partial charge in [-0.1, -0.05) is 0 Å².